The van der Waals surface area contributed by atoms with Gasteiger partial charge in [-0.05, 0) is 38.5 Å². The molecule has 0 aliphatic carbocycles. The van der Waals surface area contributed by atoms with Crippen molar-refractivity contribution in [3.63, 3.8) is 0 Å². The van der Waals surface area contributed by atoms with Crippen molar-refractivity contribution in [2.45, 2.75) is 39.0 Å². The predicted octanol–water partition coefficient (Wildman–Crippen LogP) is 2.85. The highest BCUT2D eigenvalue weighted by atomic mass is 19.1. The monoisotopic (exact) mass is 375 g/mol. The second kappa shape index (κ2) is 8.85. The van der Waals surface area contributed by atoms with Crippen LogP contribution in [0.1, 0.15) is 20.3 Å². The molecule has 3 rings (SSSR count). The Morgan fingerprint density at radius 1 is 1.33 bits per heavy atom. The number of amides is 2. The third-order valence-electron chi connectivity index (χ3n) is 4.40. The van der Waals surface area contributed by atoms with Gasteiger partial charge in [0, 0.05) is 44.3 Å². The maximum atomic E-state index is 14.5. The van der Waals surface area contributed by atoms with Gasteiger partial charge in [0.1, 0.15) is 5.82 Å². The van der Waals surface area contributed by atoms with Crippen LogP contribution in [0.2, 0.25) is 0 Å². The molecule has 0 radical (unpaired) electrons. The molecule has 0 saturated carbocycles. The molecule has 2 atom stereocenters. The lowest BCUT2D eigenvalue weighted by Crippen LogP contribution is -2.45. The summed E-state index contributed by atoms with van der Waals surface area (Å²) in [7, 11) is 0. The fourth-order valence-corrected chi connectivity index (χ4v) is 3.27. The van der Waals surface area contributed by atoms with Gasteiger partial charge in [-0.15, -0.1) is 0 Å². The molecule has 2 N–H and O–H groups in total. The van der Waals surface area contributed by atoms with Gasteiger partial charge in [0.25, 0.3) is 0 Å². The molecule has 27 heavy (non-hydrogen) atoms. The van der Waals surface area contributed by atoms with Crippen LogP contribution in [-0.2, 0) is 11.3 Å². The number of rotatable bonds is 6. The highest BCUT2D eigenvalue weighted by Gasteiger charge is 2.24. The number of aryl methyl sites for hydroxylation is 1. The highest BCUT2D eigenvalue weighted by Crippen LogP contribution is 2.26. The lowest BCUT2D eigenvalue weighted by Gasteiger charge is -2.37. The van der Waals surface area contributed by atoms with Crippen LogP contribution in [-0.4, -0.2) is 47.4 Å². The van der Waals surface area contributed by atoms with Gasteiger partial charge >= 0.3 is 6.03 Å². The summed E-state index contributed by atoms with van der Waals surface area (Å²) < 4.78 is 22.2. The number of hydrogen-bond acceptors (Lipinski definition) is 4. The van der Waals surface area contributed by atoms with E-state index in [2.05, 4.69) is 15.6 Å². The first-order valence-corrected chi connectivity index (χ1v) is 9.22. The third kappa shape index (κ3) is 5.43. The second-order valence-electron chi connectivity index (χ2n) is 6.86. The highest BCUT2D eigenvalue weighted by molar-refractivity contribution is 5.89. The van der Waals surface area contributed by atoms with E-state index in [0.29, 0.717) is 31.0 Å². The van der Waals surface area contributed by atoms with Crippen LogP contribution in [0, 0.1) is 5.82 Å². The first-order valence-electron chi connectivity index (χ1n) is 9.22. The summed E-state index contributed by atoms with van der Waals surface area (Å²) in [6.45, 7) is 6.55. The summed E-state index contributed by atoms with van der Waals surface area (Å²) in [6, 6.07) is 4.43. The Hall–Kier alpha value is -2.61. The van der Waals surface area contributed by atoms with Crippen LogP contribution >= 0.6 is 0 Å². The van der Waals surface area contributed by atoms with Crippen LogP contribution in [0.3, 0.4) is 0 Å². The number of imidazole rings is 1. The Morgan fingerprint density at radius 2 is 2.11 bits per heavy atom. The zero-order chi connectivity index (χ0) is 19.2. The molecule has 0 spiro atoms. The molecule has 1 aromatic heterocycles. The van der Waals surface area contributed by atoms with E-state index in [1.54, 1.807) is 24.7 Å². The number of anilines is 2. The van der Waals surface area contributed by atoms with Gasteiger partial charge in [0.2, 0.25) is 0 Å². The summed E-state index contributed by atoms with van der Waals surface area (Å²) in [5.74, 6) is -0.353. The molecular formula is C19H26FN5O2. The number of carbonyl (C=O) groups is 1. The molecule has 2 heterocycles. The third-order valence-corrected chi connectivity index (χ3v) is 4.40. The fourth-order valence-electron chi connectivity index (χ4n) is 3.27. The molecule has 1 saturated heterocycles. The average Bonchev–Trinajstić information content (AvgIpc) is 3.11. The molecular weight excluding hydrogens is 349 g/mol. The largest absolute Gasteiger partial charge is 0.372 e. The second-order valence-corrected chi connectivity index (χ2v) is 6.86. The van der Waals surface area contributed by atoms with E-state index in [-0.39, 0.29) is 24.1 Å². The number of nitrogens with zero attached hydrogens (tertiary/aromatic N) is 3. The fraction of sp³-hybridized carbons (Fsp3) is 0.474. The summed E-state index contributed by atoms with van der Waals surface area (Å²) >= 11 is 0. The molecule has 1 fully saturated rings. The molecule has 0 bridgehead atoms. The number of halogens is 1. The number of carbonyl (C=O) groups excluding carboxylic acids is 1. The summed E-state index contributed by atoms with van der Waals surface area (Å²) in [4.78, 5) is 17.9. The average molecular weight is 375 g/mol. The lowest BCUT2D eigenvalue weighted by molar-refractivity contribution is -0.00539. The van der Waals surface area contributed by atoms with Gasteiger partial charge in [-0.3, -0.25) is 0 Å². The van der Waals surface area contributed by atoms with Crippen LogP contribution in [0.15, 0.2) is 36.9 Å². The number of morpholine rings is 1. The SMILES string of the molecule is CC1CN(c2ccc(NC(=O)NCCCn3ccnc3)cc2F)CC(C)O1. The van der Waals surface area contributed by atoms with Crippen molar-refractivity contribution in [3.05, 3.63) is 42.7 Å². The maximum absolute atomic E-state index is 14.5. The maximum Gasteiger partial charge on any atom is 0.319 e. The lowest BCUT2D eigenvalue weighted by atomic mass is 10.2. The smallest absolute Gasteiger partial charge is 0.319 e. The van der Waals surface area contributed by atoms with Crippen molar-refractivity contribution >= 4 is 17.4 Å². The molecule has 8 heteroatoms. The van der Waals surface area contributed by atoms with Crippen LogP contribution in [0.5, 0.6) is 0 Å². The van der Waals surface area contributed by atoms with E-state index in [1.807, 2.05) is 29.5 Å². The van der Waals surface area contributed by atoms with Crippen LogP contribution in [0.4, 0.5) is 20.6 Å². The first-order chi connectivity index (χ1) is 13.0. The molecule has 1 aromatic carbocycles. The summed E-state index contributed by atoms with van der Waals surface area (Å²) in [5.41, 5.74) is 0.959. The van der Waals surface area contributed by atoms with E-state index >= 15 is 0 Å². The van der Waals surface area contributed by atoms with E-state index in [4.69, 9.17) is 4.74 Å². The van der Waals surface area contributed by atoms with Gasteiger partial charge in [-0.2, -0.15) is 0 Å². The van der Waals surface area contributed by atoms with Crippen molar-refractivity contribution < 1.29 is 13.9 Å². The zero-order valence-electron chi connectivity index (χ0n) is 15.7. The van der Waals surface area contributed by atoms with Gasteiger partial charge in [-0.25, -0.2) is 14.2 Å². The summed E-state index contributed by atoms with van der Waals surface area (Å²) in [5, 5.41) is 5.44. The zero-order valence-corrected chi connectivity index (χ0v) is 15.7. The van der Waals surface area contributed by atoms with E-state index in [9.17, 15) is 9.18 Å². The molecule has 2 unspecified atom stereocenters. The normalized spacial score (nSPS) is 19.7. The minimum Gasteiger partial charge on any atom is -0.372 e. The van der Waals surface area contributed by atoms with E-state index in [1.165, 1.54) is 6.07 Å². The molecule has 1 aliphatic heterocycles. The number of ether oxygens (including phenoxy) is 1. The molecule has 2 aromatic rings. The molecule has 2 amide bonds. The first kappa shape index (κ1) is 19.2. The Kier molecular flexibility index (Phi) is 6.28. The topological polar surface area (TPSA) is 71.4 Å². The molecule has 146 valence electrons. The van der Waals surface area contributed by atoms with E-state index in [0.717, 1.165) is 13.0 Å². The number of aromatic nitrogens is 2. The molecule has 1 aliphatic rings. The van der Waals surface area contributed by atoms with Gasteiger partial charge < -0.3 is 24.8 Å². The number of hydrogen-bond donors (Lipinski definition) is 2. The van der Waals surface area contributed by atoms with E-state index < -0.39 is 0 Å². The van der Waals surface area contributed by atoms with Gasteiger partial charge in [0.05, 0.1) is 24.2 Å². The van der Waals surface area contributed by atoms with Crippen molar-refractivity contribution in [2.24, 2.45) is 0 Å². The van der Waals surface area contributed by atoms with Crippen molar-refractivity contribution in [1.82, 2.24) is 14.9 Å². The summed E-state index contributed by atoms with van der Waals surface area (Å²) in [6.07, 6.45) is 6.22. The van der Waals surface area contributed by atoms with Crippen molar-refractivity contribution in [1.29, 1.82) is 0 Å². The van der Waals surface area contributed by atoms with Crippen molar-refractivity contribution in [2.75, 3.05) is 29.9 Å². The minimum absolute atomic E-state index is 0.0547. The van der Waals surface area contributed by atoms with Crippen LogP contribution in [0.25, 0.3) is 0 Å². The Balaban J connectivity index is 1.48. The van der Waals surface area contributed by atoms with Crippen molar-refractivity contribution in [3.8, 4) is 0 Å². The number of nitrogens with one attached hydrogen (secondary N) is 2. The number of urea groups is 1. The predicted molar refractivity (Wildman–Crippen MR) is 102 cm³/mol. The Bertz CT molecular complexity index is 743. The Labute approximate surface area is 158 Å². The van der Waals surface area contributed by atoms with Gasteiger partial charge in [0.15, 0.2) is 0 Å². The number of benzene rings is 1. The Morgan fingerprint density at radius 3 is 2.78 bits per heavy atom. The van der Waals surface area contributed by atoms with Crippen LogP contribution < -0.4 is 15.5 Å². The van der Waals surface area contributed by atoms with Gasteiger partial charge in [-0.1, -0.05) is 0 Å². The quantitative estimate of drug-likeness (QED) is 0.762. The molecule has 7 nitrogen and oxygen atoms in total. The minimum atomic E-state index is -0.353. The standard InChI is InChI=1S/C19H26FN5O2/c1-14-11-25(12-15(2)27-14)18-5-4-16(10-17(18)20)23-19(26)22-6-3-8-24-9-7-21-13-24/h4-5,7,9-10,13-15H,3,6,8,11-12H2,1-2H3,(H2,22,23,26).